The van der Waals surface area contributed by atoms with Crippen molar-refractivity contribution in [1.29, 1.82) is 0 Å². The lowest BCUT2D eigenvalue weighted by Crippen LogP contribution is -2.12. The first-order valence-electron chi connectivity index (χ1n) is 6.46. The van der Waals surface area contributed by atoms with Crippen LogP contribution in [-0.2, 0) is 13.0 Å². The topological polar surface area (TPSA) is 93.3 Å². The Morgan fingerprint density at radius 3 is 2.60 bits per heavy atom. The van der Waals surface area contributed by atoms with Crippen LogP contribution < -0.4 is 16.0 Å². The highest BCUT2D eigenvalue weighted by atomic mass is 16.5. The molecule has 6 nitrogen and oxygen atoms in total. The van der Waals surface area contributed by atoms with Gasteiger partial charge in [-0.25, -0.2) is 15.8 Å². The van der Waals surface area contributed by atoms with Gasteiger partial charge < -0.3 is 15.3 Å². The maximum Gasteiger partial charge on any atom is 0.227 e. The van der Waals surface area contributed by atoms with Crippen LogP contribution in [0.3, 0.4) is 0 Å². The van der Waals surface area contributed by atoms with Gasteiger partial charge >= 0.3 is 0 Å². The predicted molar refractivity (Wildman–Crippen MR) is 76.3 cm³/mol. The summed E-state index contributed by atoms with van der Waals surface area (Å²) in [6.45, 7) is 2.07. The van der Waals surface area contributed by atoms with E-state index in [4.69, 9.17) is 15.7 Å². The lowest BCUT2D eigenvalue weighted by Gasteiger charge is -2.12. The molecule has 0 bridgehead atoms. The molecule has 0 saturated heterocycles. The van der Waals surface area contributed by atoms with E-state index in [-0.39, 0.29) is 6.61 Å². The van der Waals surface area contributed by atoms with Crippen LogP contribution in [0.5, 0.6) is 11.6 Å². The molecule has 106 valence electrons. The van der Waals surface area contributed by atoms with Crippen molar-refractivity contribution in [2.45, 2.75) is 26.4 Å². The predicted octanol–water partition coefficient (Wildman–Crippen LogP) is 2.00. The molecule has 0 aliphatic carbocycles. The Bertz CT molecular complexity index is 558. The summed E-state index contributed by atoms with van der Waals surface area (Å²) in [4.78, 5) is 8.25. The molecular formula is C14H18N4O2. The number of ether oxygens (including phenoxy) is 1. The molecule has 1 aromatic carbocycles. The zero-order chi connectivity index (χ0) is 14.4. The molecule has 0 amide bonds. The van der Waals surface area contributed by atoms with Crippen LogP contribution in [-0.4, -0.2) is 15.1 Å². The van der Waals surface area contributed by atoms with E-state index >= 15 is 0 Å². The number of benzene rings is 1. The average Bonchev–Trinajstić information content (AvgIpc) is 2.50. The molecule has 0 unspecified atom stereocenters. The molecule has 1 aromatic heterocycles. The molecule has 0 spiro atoms. The third-order valence-electron chi connectivity index (χ3n) is 2.86. The van der Waals surface area contributed by atoms with Crippen LogP contribution in [0.15, 0.2) is 30.6 Å². The van der Waals surface area contributed by atoms with E-state index in [1.54, 1.807) is 24.3 Å². The largest absolute Gasteiger partial charge is 0.439 e. The molecule has 0 aliphatic heterocycles. The third-order valence-corrected chi connectivity index (χ3v) is 2.86. The van der Waals surface area contributed by atoms with Crippen LogP contribution in [0, 0.1) is 0 Å². The fourth-order valence-electron chi connectivity index (χ4n) is 1.86. The molecule has 4 N–H and O–H groups in total. The molecule has 2 rings (SSSR count). The number of hydrogen-bond donors (Lipinski definition) is 3. The summed E-state index contributed by atoms with van der Waals surface area (Å²) in [6, 6.07) is 7.19. The summed E-state index contributed by atoms with van der Waals surface area (Å²) in [6.07, 6.45) is 3.11. The van der Waals surface area contributed by atoms with Gasteiger partial charge in [0, 0.05) is 0 Å². The molecule has 6 heteroatoms. The lowest BCUT2D eigenvalue weighted by molar-refractivity contribution is 0.281. The third kappa shape index (κ3) is 3.23. The summed E-state index contributed by atoms with van der Waals surface area (Å²) in [5.41, 5.74) is 4.24. The maximum atomic E-state index is 9.02. The highest BCUT2D eigenvalue weighted by molar-refractivity contribution is 5.49. The van der Waals surface area contributed by atoms with Crippen LogP contribution in [0.25, 0.3) is 0 Å². The zero-order valence-electron chi connectivity index (χ0n) is 11.3. The highest BCUT2D eigenvalue weighted by Gasteiger charge is 2.12. The smallest absolute Gasteiger partial charge is 0.227 e. The Morgan fingerprint density at radius 1 is 1.25 bits per heavy atom. The molecular weight excluding hydrogens is 256 g/mol. The van der Waals surface area contributed by atoms with Crippen LogP contribution in [0.2, 0.25) is 0 Å². The van der Waals surface area contributed by atoms with E-state index in [0.29, 0.717) is 17.4 Å². The average molecular weight is 274 g/mol. The Labute approximate surface area is 117 Å². The van der Waals surface area contributed by atoms with E-state index in [0.717, 1.165) is 24.0 Å². The second-order valence-corrected chi connectivity index (χ2v) is 4.30. The fraction of sp³-hybridized carbons (Fsp3) is 0.286. The second-order valence-electron chi connectivity index (χ2n) is 4.30. The number of nitrogens with zero attached hydrogens (tertiary/aromatic N) is 2. The molecule has 0 saturated carbocycles. The van der Waals surface area contributed by atoms with Crippen molar-refractivity contribution >= 4 is 5.82 Å². The minimum Gasteiger partial charge on any atom is -0.439 e. The van der Waals surface area contributed by atoms with Gasteiger partial charge in [0.1, 0.15) is 17.9 Å². The number of aliphatic hydroxyl groups excluding tert-OH is 1. The number of aliphatic hydroxyl groups is 1. The van der Waals surface area contributed by atoms with Crippen LogP contribution >= 0.6 is 0 Å². The number of hydrazine groups is 1. The molecule has 0 fully saturated rings. The Balaban J connectivity index is 2.27. The van der Waals surface area contributed by atoms with Gasteiger partial charge in [-0.3, -0.25) is 0 Å². The number of nitrogen functional groups attached to an aromatic ring is 1. The first-order chi connectivity index (χ1) is 9.78. The van der Waals surface area contributed by atoms with Gasteiger partial charge in [-0.05, 0) is 24.1 Å². The monoisotopic (exact) mass is 274 g/mol. The van der Waals surface area contributed by atoms with Crippen molar-refractivity contribution in [3.63, 3.8) is 0 Å². The number of hydrogen-bond acceptors (Lipinski definition) is 6. The van der Waals surface area contributed by atoms with E-state index < -0.39 is 0 Å². The fourth-order valence-corrected chi connectivity index (χ4v) is 1.86. The van der Waals surface area contributed by atoms with Gasteiger partial charge in [-0.15, -0.1) is 0 Å². The van der Waals surface area contributed by atoms with E-state index in [9.17, 15) is 0 Å². The lowest BCUT2D eigenvalue weighted by atomic mass is 10.1. The van der Waals surface area contributed by atoms with Crippen LogP contribution in [0.1, 0.15) is 24.5 Å². The second kappa shape index (κ2) is 6.83. The van der Waals surface area contributed by atoms with Gasteiger partial charge in [-0.1, -0.05) is 25.5 Å². The number of rotatable bonds is 6. The molecule has 0 aliphatic rings. The van der Waals surface area contributed by atoms with Gasteiger partial charge in [0.05, 0.1) is 12.2 Å². The molecule has 2 aromatic rings. The standard InChI is InChI=1S/C14H18N4O2/c1-2-3-12-13(18-15)16-9-17-14(12)20-11-6-4-10(8-19)5-7-11/h4-7,9,19H,2-3,8,15H2,1H3,(H,16,17,18). The van der Waals surface area contributed by atoms with E-state index in [1.807, 2.05) is 0 Å². The van der Waals surface area contributed by atoms with Crippen molar-refractivity contribution in [3.8, 4) is 11.6 Å². The maximum absolute atomic E-state index is 9.02. The first-order valence-corrected chi connectivity index (χ1v) is 6.46. The Kier molecular flexibility index (Phi) is 4.86. The van der Waals surface area contributed by atoms with Crippen molar-refractivity contribution in [1.82, 2.24) is 9.97 Å². The number of nitrogens with one attached hydrogen (secondary N) is 1. The number of aromatic nitrogens is 2. The van der Waals surface area contributed by atoms with Gasteiger partial charge in [0.2, 0.25) is 5.88 Å². The minimum atomic E-state index is 0.0100. The molecule has 0 radical (unpaired) electrons. The molecule has 1 heterocycles. The quantitative estimate of drug-likeness (QED) is 0.551. The summed E-state index contributed by atoms with van der Waals surface area (Å²) < 4.78 is 5.78. The summed E-state index contributed by atoms with van der Waals surface area (Å²) in [5, 5.41) is 9.02. The summed E-state index contributed by atoms with van der Waals surface area (Å²) in [7, 11) is 0. The normalized spacial score (nSPS) is 10.3. The number of nitrogens with two attached hydrogens (primary N) is 1. The summed E-state index contributed by atoms with van der Waals surface area (Å²) >= 11 is 0. The SMILES string of the molecule is CCCc1c(NN)ncnc1Oc1ccc(CO)cc1. The van der Waals surface area contributed by atoms with Gasteiger partial charge in [0.25, 0.3) is 0 Å². The Hall–Kier alpha value is -2.18. The minimum absolute atomic E-state index is 0.0100. The summed E-state index contributed by atoms with van der Waals surface area (Å²) in [5.74, 6) is 7.18. The van der Waals surface area contributed by atoms with E-state index in [1.165, 1.54) is 6.33 Å². The van der Waals surface area contributed by atoms with E-state index in [2.05, 4.69) is 22.3 Å². The molecule has 0 atom stereocenters. The van der Waals surface area contributed by atoms with Crippen molar-refractivity contribution < 1.29 is 9.84 Å². The Morgan fingerprint density at radius 2 is 2.00 bits per heavy atom. The zero-order valence-corrected chi connectivity index (χ0v) is 11.3. The van der Waals surface area contributed by atoms with Gasteiger partial charge in [0.15, 0.2) is 0 Å². The van der Waals surface area contributed by atoms with Crippen molar-refractivity contribution in [3.05, 3.63) is 41.7 Å². The number of anilines is 1. The molecule has 20 heavy (non-hydrogen) atoms. The van der Waals surface area contributed by atoms with Crippen molar-refractivity contribution in [2.24, 2.45) is 5.84 Å². The van der Waals surface area contributed by atoms with Gasteiger partial charge in [-0.2, -0.15) is 0 Å². The first kappa shape index (κ1) is 14.2. The highest BCUT2D eigenvalue weighted by Crippen LogP contribution is 2.27. The van der Waals surface area contributed by atoms with Crippen LogP contribution in [0.4, 0.5) is 5.82 Å². The van der Waals surface area contributed by atoms with Crippen molar-refractivity contribution in [2.75, 3.05) is 5.43 Å².